The SMILES string of the molecule is CC(C)C(=O)CCc1cc(CC(C)C(=O)CCc2ccccc2C(F)(F)F)ccc1Br. The number of benzene rings is 2. The number of rotatable bonds is 10. The normalized spacial score (nSPS) is 12.8. The van der Waals surface area contributed by atoms with Gasteiger partial charge in [0, 0.05) is 29.2 Å². The van der Waals surface area contributed by atoms with Gasteiger partial charge in [0.25, 0.3) is 0 Å². The molecular formula is C25H28BrF3O2. The van der Waals surface area contributed by atoms with Gasteiger partial charge in [0.1, 0.15) is 11.6 Å². The van der Waals surface area contributed by atoms with Gasteiger partial charge in [-0.2, -0.15) is 13.2 Å². The molecule has 6 heteroatoms. The Labute approximate surface area is 190 Å². The minimum absolute atomic E-state index is 0.00192. The van der Waals surface area contributed by atoms with Crippen molar-refractivity contribution >= 4 is 27.5 Å². The highest BCUT2D eigenvalue weighted by Crippen LogP contribution is 2.32. The standard InChI is InChI=1S/C25H28BrF3O2/c1-16(2)23(30)12-10-20-15-18(8-11-22(20)26)14-17(3)24(31)13-9-19-6-4-5-7-21(19)25(27,28)29/h4-8,11,15-17H,9-10,12-14H2,1-3H3. The van der Waals surface area contributed by atoms with E-state index in [-0.39, 0.29) is 41.8 Å². The van der Waals surface area contributed by atoms with Crippen LogP contribution in [0.1, 0.15) is 55.9 Å². The fraction of sp³-hybridized carbons (Fsp3) is 0.440. The number of hydrogen-bond acceptors (Lipinski definition) is 2. The summed E-state index contributed by atoms with van der Waals surface area (Å²) in [7, 11) is 0. The maximum Gasteiger partial charge on any atom is 0.416 e. The lowest BCUT2D eigenvalue weighted by Crippen LogP contribution is -2.16. The maximum atomic E-state index is 13.1. The van der Waals surface area contributed by atoms with E-state index >= 15 is 0 Å². The van der Waals surface area contributed by atoms with Crippen LogP contribution >= 0.6 is 15.9 Å². The van der Waals surface area contributed by atoms with Gasteiger partial charge in [0.15, 0.2) is 0 Å². The zero-order valence-electron chi connectivity index (χ0n) is 18.1. The molecule has 2 rings (SSSR count). The summed E-state index contributed by atoms with van der Waals surface area (Å²) >= 11 is 3.52. The Morgan fingerprint density at radius 2 is 1.52 bits per heavy atom. The monoisotopic (exact) mass is 496 g/mol. The van der Waals surface area contributed by atoms with E-state index in [1.54, 1.807) is 6.07 Å². The van der Waals surface area contributed by atoms with Crippen LogP contribution in [0.25, 0.3) is 0 Å². The van der Waals surface area contributed by atoms with Gasteiger partial charge in [-0.1, -0.05) is 67.0 Å². The van der Waals surface area contributed by atoms with Gasteiger partial charge in [0.2, 0.25) is 0 Å². The van der Waals surface area contributed by atoms with Gasteiger partial charge in [-0.3, -0.25) is 9.59 Å². The lowest BCUT2D eigenvalue weighted by molar-refractivity contribution is -0.138. The van der Waals surface area contributed by atoms with Gasteiger partial charge < -0.3 is 0 Å². The van der Waals surface area contributed by atoms with Gasteiger partial charge in [-0.25, -0.2) is 0 Å². The number of carbonyl (C=O) groups is 2. The number of alkyl halides is 3. The third kappa shape index (κ3) is 7.60. The smallest absolute Gasteiger partial charge is 0.299 e. The van der Waals surface area contributed by atoms with Crippen molar-refractivity contribution < 1.29 is 22.8 Å². The Bertz CT molecular complexity index is 919. The average molecular weight is 497 g/mol. The maximum absolute atomic E-state index is 13.1. The molecule has 0 fully saturated rings. The summed E-state index contributed by atoms with van der Waals surface area (Å²) in [5.74, 6) is -0.150. The molecule has 0 saturated carbocycles. The van der Waals surface area contributed by atoms with Crippen molar-refractivity contribution in [2.75, 3.05) is 0 Å². The van der Waals surface area contributed by atoms with E-state index in [0.29, 0.717) is 19.3 Å². The first kappa shape index (κ1) is 25.3. The predicted octanol–water partition coefficient (Wildman–Crippen LogP) is 7.01. The van der Waals surface area contributed by atoms with E-state index in [4.69, 9.17) is 0 Å². The lowest BCUT2D eigenvalue weighted by atomic mass is 9.91. The van der Waals surface area contributed by atoms with Crippen molar-refractivity contribution in [1.29, 1.82) is 0 Å². The van der Waals surface area contributed by atoms with Crippen LogP contribution in [0.2, 0.25) is 0 Å². The van der Waals surface area contributed by atoms with Crippen molar-refractivity contribution in [3.63, 3.8) is 0 Å². The van der Waals surface area contributed by atoms with Gasteiger partial charge in [0.05, 0.1) is 5.56 Å². The molecule has 1 atom stereocenters. The number of carbonyl (C=O) groups excluding carboxylic acids is 2. The van der Waals surface area contributed by atoms with Crippen molar-refractivity contribution in [3.05, 3.63) is 69.2 Å². The fourth-order valence-electron chi connectivity index (χ4n) is 3.48. The number of ketones is 2. The number of Topliss-reactive ketones (excluding diaryl/α,β-unsaturated/α-hetero) is 2. The minimum Gasteiger partial charge on any atom is -0.299 e. The van der Waals surface area contributed by atoms with Crippen molar-refractivity contribution in [1.82, 2.24) is 0 Å². The van der Waals surface area contributed by atoms with Crippen LogP contribution in [0.4, 0.5) is 13.2 Å². The van der Waals surface area contributed by atoms with E-state index in [0.717, 1.165) is 21.7 Å². The van der Waals surface area contributed by atoms with Gasteiger partial charge in [-0.15, -0.1) is 0 Å². The first-order valence-corrected chi connectivity index (χ1v) is 11.3. The lowest BCUT2D eigenvalue weighted by Gasteiger charge is -2.15. The molecule has 0 aliphatic rings. The molecule has 0 bridgehead atoms. The molecule has 0 heterocycles. The molecule has 2 nitrogen and oxygen atoms in total. The Hall–Kier alpha value is -1.95. The molecule has 31 heavy (non-hydrogen) atoms. The minimum atomic E-state index is -4.42. The van der Waals surface area contributed by atoms with Crippen LogP contribution in [0, 0.1) is 11.8 Å². The first-order valence-electron chi connectivity index (χ1n) is 10.5. The Kier molecular flexibility index (Phi) is 9.04. The van der Waals surface area contributed by atoms with E-state index in [9.17, 15) is 22.8 Å². The second-order valence-electron chi connectivity index (χ2n) is 8.27. The second-order valence-corrected chi connectivity index (χ2v) is 9.13. The Balaban J connectivity index is 1.99. The number of hydrogen-bond donors (Lipinski definition) is 0. The molecule has 0 spiro atoms. The summed E-state index contributed by atoms with van der Waals surface area (Å²) in [6, 6.07) is 11.3. The highest BCUT2D eigenvalue weighted by Gasteiger charge is 2.32. The zero-order valence-corrected chi connectivity index (χ0v) is 19.6. The zero-order chi connectivity index (χ0) is 23.2. The predicted molar refractivity (Wildman–Crippen MR) is 120 cm³/mol. The van der Waals surface area contributed by atoms with Crippen molar-refractivity contribution in [2.45, 2.75) is 59.1 Å². The molecule has 0 amide bonds. The highest BCUT2D eigenvalue weighted by molar-refractivity contribution is 9.10. The van der Waals surface area contributed by atoms with Crippen LogP contribution in [-0.4, -0.2) is 11.6 Å². The van der Waals surface area contributed by atoms with E-state index in [1.807, 2.05) is 39.0 Å². The van der Waals surface area contributed by atoms with Crippen LogP contribution in [0.15, 0.2) is 46.9 Å². The van der Waals surface area contributed by atoms with Crippen LogP contribution < -0.4 is 0 Å². The van der Waals surface area contributed by atoms with Gasteiger partial charge in [-0.05, 0) is 48.1 Å². The van der Waals surface area contributed by atoms with E-state index < -0.39 is 11.7 Å². The molecule has 0 N–H and O–H groups in total. The van der Waals surface area contributed by atoms with Crippen molar-refractivity contribution in [3.8, 4) is 0 Å². The second kappa shape index (κ2) is 11.1. The summed E-state index contributed by atoms with van der Waals surface area (Å²) in [6.45, 7) is 5.57. The first-order chi connectivity index (χ1) is 14.5. The van der Waals surface area contributed by atoms with Crippen LogP contribution in [0.3, 0.4) is 0 Å². The van der Waals surface area contributed by atoms with Gasteiger partial charge >= 0.3 is 6.18 Å². The topological polar surface area (TPSA) is 34.1 Å². The molecule has 0 aliphatic carbocycles. The van der Waals surface area contributed by atoms with E-state index in [2.05, 4.69) is 15.9 Å². The van der Waals surface area contributed by atoms with E-state index in [1.165, 1.54) is 12.1 Å². The van der Waals surface area contributed by atoms with Crippen molar-refractivity contribution in [2.24, 2.45) is 11.8 Å². The Morgan fingerprint density at radius 1 is 0.903 bits per heavy atom. The molecule has 1 unspecified atom stereocenters. The summed E-state index contributed by atoms with van der Waals surface area (Å²) in [5, 5.41) is 0. The van der Waals surface area contributed by atoms with Crippen LogP contribution in [0.5, 0.6) is 0 Å². The molecule has 0 aromatic heterocycles. The average Bonchev–Trinajstić information content (AvgIpc) is 2.71. The molecule has 2 aromatic carbocycles. The molecule has 2 aromatic rings. The molecular weight excluding hydrogens is 469 g/mol. The summed E-state index contributed by atoms with van der Waals surface area (Å²) in [4.78, 5) is 24.5. The molecule has 0 saturated heterocycles. The number of aryl methyl sites for hydroxylation is 2. The third-order valence-electron chi connectivity index (χ3n) is 5.45. The van der Waals surface area contributed by atoms with Crippen LogP contribution in [-0.2, 0) is 35.0 Å². The number of halogens is 4. The summed E-state index contributed by atoms with van der Waals surface area (Å²) < 4.78 is 40.3. The Morgan fingerprint density at radius 3 is 2.16 bits per heavy atom. The highest BCUT2D eigenvalue weighted by atomic mass is 79.9. The largest absolute Gasteiger partial charge is 0.416 e. The molecule has 0 aliphatic heterocycles. The third-order valence-corrected chi connectivity index (χ3v) is 6.22. The quantitative estimate of drug-likeness (QED) is 0.354. The summed E-state index contributed by atoms with van der Waals surface area (Å²) in [6.07, 6.45) is -2.68. The fourth-order valence-corrected chi connectivity index (χ4v) is 3.92. The molecule has 168 valence electrons. The molecule has 0 radical (unpaired) electrons. The summed E-state index contributed by atoms with van der Waals surface area (Å²) in [5.41, 5.74) is 1.47.